The minimum Gasteiger partial charge on any atom is -0.465 e. The van der Waals surface area contributed by atoms with Crippen LogP contribution >= 0.6 is 0 Å². The van der Waals surface area contributed by atoms with Crippen LogP contribution < -0.4 is 21.5 Å². The van der Waals surface area contributed by atoms with Gasteiger partial charge in [0.15, 0.2) is 5.82 Å². The molecule has 3 N–H and O–H groups in total. The molecule has 0 spiro atoms. The van der Waals surface area contributed by atoms with Crippen molar-refractivity contribution in [3.8, 4) is 11.4 Å². The first-order valence-electron chi connectivity index (χ1n) is 13.3. The number of nitrogens with zero attached hydrogens (tertiary/aromatic N) is 5. The molecule has 2 aromatic heterocycles. The minimum absolute atomic E-state index is 0.0845. The highest BCUT2D eigenvalue weighted by molar-refractivity contribution is 5.69. The largest absolute Gasteiger partial charge is 0.465 e. The summed E-state index contributed by atoms with van der Waals surface area (Å²) in [6.07, 6.45) is -0.967. The van der Waals surface area contributed by atoms with Gasteiger partial charge in [0.05, 0.1) is 31.5 Å². The van der Waals surface area contributed by atoms with Gasteiger partial charge in [0.2, 0.25) is 0 Å². The maximum Gasteiger partial charge on any atom is 0.407 e. The maximum absolute atomic E-state index is 12.1. The van der Waals surface area contributed by atoms with Crippen molar-refractivity contribution >= 4 is 23.4 Å². The first-order valence-corrected chi connectivity index (χ1v) is 13.3. The molecule has 0 aliphatic carbocycles. The van der Waals surface area contributed by atoms with Crippen molar-refractivity contribution in [2.45, 2.75) is 46.2 Å². The Morgan fingerprint density at radius 1 is 1.18 bits per heavy atom. The molecule has 12 nitrogen and oxygen atoms in total. The van der Waals surface area contributed by atoms with Crippen LogP contribution in [0.4, 0.5) is 22.1 Å². The molecule has 12 heteroatoms. The number of aromatic amines is 1. The second kappa shape index (κ2) is 10.4. The molecular weight excluding hydrogens is 514 g/mol. The molecule has 2 aliphatic heterocycles. The average Bonchev–Trinajstić information content (AvgIpc) is 2.90. The summed E-state index contributed by atoms with van der Waals surface area (Å²) in [7, 11) is 1.41. The van der Waals surface area contributed by atoms with Crippen molar-refractivity contribution in [3.63, 3.8) is 0 Å². The number of anilines is 3. The van der Waals surface area contributed by atoms with Crippen LogP contribution in [0.3, 0.4) is 0 Å². The number of ether oxygens (including phenoxy) is 1. The highest BCUT2D eigenvalue weighted by atomic mass is 16.5. The Balaban J connectivity index is 1.57. The first kappa shape index (κ1) is 27.4. The van der Waals surface area contributed by atoms with Crippen molar-refractivity contribution in [2.24, 2.45) is 12.5 Å². The Morgan fingerprint density at radius 2 is 1.90 bits per heavy atom. The molecule has 1 fully saturated rings. The number of hydrogen-bond donors (Lipinski definition) is 3. The fraction of sp³-hybridized carbons (Fsp3) is 0.464. The number of carboxylic acid groups (broad SMARTS) is 1. The van der Waals surface area contributed by atoms with E-state index in [1.165, 1.54) is 18.0 Å². The molecule has 1 aromatic carbocycles. The minimum atomic E-state index is -0.967. The van der Waals surface area contributed by atoms with Crippen molar-refractivity contribution < 1.29 is 14.6 Å². The predicted molar refractivity (Wildman–Crippen MR) is 151 cm³/mol. The van der Waals surface area contributed by atoms with E-state index in [0.717, 1.165) is 21.5 Å². The molecule has 5 rings (SSSR count). The molecule has 4 heterocycles. The molecule has 3 aromatic rings. The van der Waals surface area contributed by atoms with Gasteiger partial charge in [0, 0.05) is 48.9 Å². The van der Waals surface area contributed by atoms with Crippen LogP contribution in [0, 0.1) is 5.41 Å². The Kier molecular flexibility index (Phi) is 7.13. The smallest absolute Gasteiger partial charge is 0.407 e. The zero-order chi connectivity index (χ0) is 28.8. The van der Waals surface area contributed by atoms with Gasteiger partial charge >= 0.3 is 11.8 Å². The molecule has 40 heavy (non-hydrogen) atoms. The normalized spacial score (nSPS) is 19.3. The van der Waals surface area contributed by atoms with Crippen LogP contribution in [0.25, 0.3) is 11.4 Å². The van der Waals surface area contributed by atoms with Gasteiger partial charge in [0.25, 0.3) is 5.56 Å². The van der Waals surface area contributed by atoms with Gasteiger partial charge < -0.3 is 25.0 Å². The van der Waals surface area contributed by atoms with E-state index >= 15 is 0 Å². The number of H-pyrrole nitrogens is 1. The maximum atomic E-state index is 12.1. The fourth-order valence-corrected chi connectivity index (χ4v) is 5.26. The lowest BCUT2D eigenvalue weighted by Crippen LogP contribution is -2.47. The van der Waals surface area contributed by atoms with Crippen LogP contribution in [0.1, 0.15) is 44.9 Å². The molecule has 212 valence electrons. The molecule has 0 bridgehead atoms. The van der Waals surface area contributed by atoms with Gasteiger partial charge in [-0.1, -0.05) is 20.8 Å². The fourth-order valence-electron chi connectivity index (χ4n) is 5.26. The molecule has 2 aliphatic rings. The zero-order valence-corrected chi connectivity index (χ0v) is 23.4. The third kappa shape index (κ3) is 5.31. The molecule has 0 saturated carbocycles. The van der Waals surface area contributed by atoms with E-state index in [1.54, 1.807) is 0 Å². The van der Waals surface area contributed by atoms with Crippen LogP contribution in [-0.2, 0) is 18.3 Å². The summed E-state index contributed by atoms with van der Waals surface area (Å²) >= 11 is 0. The molecule has 1 unspecified atom stereocenters. The van der Waals surface area contributed by atoms with E-state index in [2.05, 4.69) is 42.9 Å². The van der Waals surface area contributed by atoms with Gasteiger partial charge in [-0.15, -0.1) is 0 Å². The van der Waals surface area contributed by atoms with Crippen molar-refractivity contribution in [2.75, 3.05) is 36.5 Å². The number of morpholine rings is 1. The quantitative estimate of drug-likeness (QED) is 0.447. The summed E-state index contributed by atoms with van der Waals surface area (Å²) < 4.78 is 6.69. The number of hydrogen-bond acceptors (Lipinski definition) is 8. The van der Waals surface area contributed by atoms with Crippen molar-refractivity contribution in [3.05, 3.63) is 62.4 Å². The number of benzene rings is 1. The van der Waals surface area contributed by atoms with Crippen LogP contribution in [-0.4, -0.2) is 68.0 Å². The van der Waals surface area contributed by atoms with Gasteiger partial charge in [0.1, 0.15) is 11.6 Å². The van der Waals surface area contributed by atoms with E-state index in [4.69, 9.17) is 14.7 Å². The predicted octanol–water partition coefficient (Wildman–Crippen LogP) is 3.12. The molecule has 1 amide bonds. The van der Waals surface area contributed by atoms with Crippen LogP contribution in [0.2, 0.25) is 0 Å². The summed E-state index contributed by atoms with van der Waals surface area (Å²) in [6.45, 7) is 10.9. The Hall–Kier alpha value is -4.19. The SMILES string of the molecule is CC1COCCN1c1nc(-c2ccc(Nc3cc(=O)n(C)c(=O)[nH]3)cc2)nc2c1[C@H](C(C)(C)C)CN(C(=O)O)C2. The van der Waals surface area contributed by atoms with E-state index in [-0.39, 0.29) is 29.7 Å². The lowest BCUT2D eigenvalue weighted by atomic mass is 9.74. The summed E-state index contributed by atoms with van der Waals surface area (Å²) in [5.41, 5.74) is 2.00. The second-order valence-corrected chi connectivity index (χ2v) is 11.5. The van der Waals surface area contributed by atoms with E-state index in [9.17, 15) is 19.5 Å². The van der Waals surface area contributed by atoms with Crippen molar-refractivity contribution in [1.82, 2.24) is 24.4 Å². The first-order chi connectivity index (χ1) is 18.9. The zero-order valence-electron chi connectivity index (χ0n) is 23.4. The molecule has 0 radical (unpaired) electrons. The van der Waals surface area contributed by atoms with Crippen molar-refractivity contribution in [1.29, 1.82) is 0 Å². The third-order valence-corrected chi connectivity index (χ3v) is 7.62. The van der Waals surface area contributed by atoms with Crippen LogP contribution in [0.15, 0.2) is 39.9 Å². The molecular formula is C28H35N7O5. The van der Waals surface area contributed by atoms with E-state index < -0.39 is 17.3 Å². The standard InChI is InChI=1S/C28H35N7O5/c1-16-15-40-11-10-35(16)25-23-19(28(2,3)4)13-34(27(38)39)14-20(23)30-24(32-25)17-6-8-18(9-7-17)29-21-12-22(36)33(5)26(37)31-21/h6-9,12,16,19,29H,10-11,13-15H2,1-5H3,(H,31,37)(H,38,39)/t16?,19-/m1/s1. The van der Waals surface area contributed by atoms with Gasteiger partial charge in [-0.2, -0.15) is 0 Å². The van der Waals surface area contributed by atoms with Gasteiger partial charge in [-0.05, 0) is 36.6 Å². The topological polar surface area (TPSA) is 146 Å². The highest BCUT2D eigenvalue weighted by Gasteiger charge is 2.40. The Bertz CT molecular complexity index is 1510. The third-order valence-electron chi connectivity index (χ3n) is 7.62. The average molecular weight is 550 g/mol. The Labute approximate surface area is 231 Å². The lowest BCUT2D eigenvalue weighted by Gasteiger charge is -2.43. The van der Waals surface area contributed by atoms with Gasteiger partial charge in [-0.3, -0.25) is 14.3 Å². The number of carbonyl (C=O) groups is 1. The van der Waals surface area contributed by atoms with E-state index in [1.807, 2.05) is 24.3 Å². The summed E-state index contributed by atoms with van der Waals surface area (Å²) in [6, 6.07) is 8.76. The monoisotopic (exact) mass is 549 g/mol. The second-order valence-electron chi connectivity index (χ2n) is 11.5. The van der Waals surface area contributed by atoms with Gasteiger partial charge in [-0.25, -0.2) is 19.6 Å². The number of aromatic nitrogens is 4. The van der Waals surface area contributed by atoms with E-state index in [0.29, 0.717) is 43.5 Å². The summed E-state index contributed by atoms with van der Waals surface area (Å²) in [5.74, 6) is 1.54. The Morgan fingerprint density at radius 3 is 2.52 bits per heavy atom. The summed E-state index contributed by atoms with van der Waals surface area (Å²) in [5, 5.41) is 12.9. The number of amides is 1. The molecule has 1 saturated heterocycles. The lowest BCUT2D eigenvalue weighted by molar-refractivity contribution is 0.0976. The van der Waals surface area contributed by atoms with Crippen LogP contribution in [0.5, 0.6) is 0 Å². The highest BCUT2D eigenvalue weighted by Crippen LogP contribution is 2.45. The summed E-state index contributed by atoms with van der Waals surface area (Å²) in [4.78, 5) is 52.3. The number of fused-ring (bicyclic) bond motifs is 1. The molecule has 2 atom stereocenters. The number of rotatable bonds is 4. The number of nitrogens with one attached hydrogen (secondary N) is 2.